The zero-order valence-electron chi connectivity index (χ0n) is 10.0. The third-order valence-corrected chi connectivity index (χ3v) is 2.95. The minimum atomic E-state index is -0.828. The van der Waals surface area contributed by atoms with Gasteiger partial charge in [-0.3, -0.25) is 0 Å². The van der Waals surface area contributed by atoms with Crippen molar-refractivity contribution in [3.05, 3.63) is 17.7 Å². The van der Waals surface area contributed by atoms with Crippen LogP contribution in [0.4, 0.5) is 20.4 Å². The highest BCUT2D eigenvalue weighted by Gasteiger charge is 2.23. The Morgan fingerprint density at radius 2 is 2.17 bits per heavy atom. The highest BCUT2D eigenvalue weighted by atomic mass is 19.1. The van der Waals surface area contributed by atoms with E-state index in [1.165, 1.54) is 0 Å². The second kappa shape index (κ2) is 5.45. The number of hydrogen-bond acceptors (Lipinski definition) is 5. The van der Waals surface area contributed by atoms with Gasteiger partial charge in [-0.15, -0.1) is 0 Å². The van der Waals surface area contributed by atoms with Gasteiger partial charge in [0.2, 0.25) is 0 Å². The van der Waals surface area contributed by atoms with Crippen LogP contribution < -0.4 is 16.6 Å². The predicted octanol–water partition coefficient (Wildman–Crippen LogP) is 1.62. The third-order valence-electron chi connectivity index (χ3n) is 2.95. The molecule has 0 aliphatic carbocycles. The number of pyridine rings is 1. The van der Waals surface area contributed by atoms with Gasteiger partial charge >= 0.3 is 0 Å². The van der Waals surface area contributed by atoms with Crippen LogP contribution in [0, 0.1) is 11.6 Å². The smallest absolute Gasteiger partial charge is 0.178 e. The second-order valence-electron chi connectivity index (χ2n) is 4.28. The maximum Gasteiger partial charge on any atom is 0.178 e. The molecule has 1 fully saturated rings. The summed E-state index contributed by atoms with van der Waals surface area (Å²) in [6, 6.07) is 0.637. The van der Waals surface area contributed by atoms with Crippen LogP contribution >= 0.6 is 0 Å². The lowest BCUT2D eigenvalue weighted by molar-refractivity contribution is 0.0995. The molecule has 1 aliphatic rings. The predicted molar refractivity (Wildman–Crippen MR) is 64.0 cm³/mol. The Hall–Kier alpha value is -1.47. The lowest BCUT2D eigenvalue weighted by atomic mass is 10.1. The van der Waals surface area contributed by atoms with E-state index in [9.17, 15) is 8.78 Å². The number of aromatic nitrogens is 1. The van der Waals surface area contributed by atoms with Crippen molar-refractivity contribution < 1.29 is 13.5 Å². The monoisotopic (exact) mass is 258 g/mol. The average Bonchev–Trinajstić information content (AvgIpc) is 2.86. The van der Waals surface area contributed by atoms with E-state index in [1.54, 1.807) is 0 Å². The van der Waals surface area contributed by atoms with Crippen LogP contribution in [0.15, 0.2) is 6.07 Å². The highest BCUT2D eigenvalue weighted by molar-refractivity contribution is 5.47. The van der Waals surface area contributed by atoms with Gasteiger partial charge in [0, 0.05) is 12.7 Å². The number of nitrogens with two attached hydrogens (primary N) is 1. The van der Waals surface area contributed by atoms with Crippen molar-refractivity contribution in [3.8, 4) is 0 Å². The summed E-state index contributed by atoms with van der Waals surface area (Å²) >= 11 is 0. The Labute approximate surface area is 104 Å². The molecule has 0 radical (unpaired) electrons. The van der Waals surface area contributed by atoms with Gasteiger partial charge in [-0.2, -0.15) is 0 Å². The van der Waals surface area contributed by atoms with Gasteiger partial charge < -0.3 is 15.5 Å². The number of nitrogens with zero attached hydrogens (tertiary/aromatic N) is 1. The molecule has 1 saturated heterocycles. The van der Waals surface area contributed by atoms with Crippen LogP contribution in [-0.4, -0.2) is 23.7 Å². The van der Waals surface area contributed by atoms with Crippen LogP contribution in [0.25, 0.3) is 0 Å². The van der Waals surface area contributed by atoms with E-state index < -0.39 is 11.6 Å². The topological polar surface area (TPSA) is 72.2 Å². The summed E-state index contributed by atoms with van der Waals surface area (Å²) in [4.78, 5) is 3.75. The second-order valence-corrected chi connectivity index (χ2v) is 4.28. The first-order chi connectivity index (χ1) is 8.61. The molecule has 0 aromatic carbocycles. The summed E-state index contributed by atoms with van der Waals surface area (Å²) in [7, 11) is 0. The van der Waals surface area contributed by atoms with Gasteiger partial charge in [-0.1, -0.05) is 0 Å². The normalized spacial score (nSPS) is 20.8. The maximum atomic E-state index is 13.5. The summed E-state index contributed by atoms with van der Waals surface area (Å²) in [5.74, 6) is 3.28. The molecule has 5 nitrogen and oxygen atoms in total. The van der Waals surface area contributed by atoms with E-state index in [-0.39, 0.29) is 23.8 Å². The number of ether oxygens (including phenoxy) is 1. The number of nitrogens with one attached hydrogen (secondary N) is 2. The van der Waals surface area contributed by atoms with Crippen molar-refractivity contribution in [3.63, 3.8) is 0 Å². The van der Waals surface area contributed by atoms with Crippen LogP contribution in [0.5, 0.6) is 0 Å². The Morgan fingerprint density at radius 1 is 1.44 bits per heavy atom. The molecule has 100 valence electrons. The average molecular weight is 258 g/mol. The summed E-state index contributed by atoms with van der Waals surface area (Å²) in [5.41, 5.74) is 2.08. The van der Waals surface area contributed by atoms with Crippen LogP contribution in [0.2, 0.25) is 0 Å². The minimum Gasteiger partial charge on any atom is -0.376 e. The quantitative estimate of drug-likeness (QED) is 0.565. The number of hydrazine groups is 1. The Balaban J connectivity index is 2.12. The largest absolute Gasteiger partial charge is 0.376 e. The van der Waals surface area contributed by atoms with E-state index in [0.717, 1.165) is 18.9 Å². The zero-order chi connectivity index (χ0) is 13.1. The zero-order valence-corrected chi connectivity index (χ0v) is 10.0. The van der Waals surface area contributed by atoms with Crippen molar-refractivity contribution in [2.75, 3.05) is 17.3 Å². The Morgan fingerprint density at radius 3 is 2.78 bits per heavy atom. The summed E-state index contributed by atoms with van der Waals surface area (Å²) in [6.07, 6.45) is 1.93. The SMILES string of the molecule is CC(Nc1nc(NN)c(F)cc1F)C1CCCO1. The van der Waals surface area contributed by atoms with Gasteiger partial charge in [0.1, 0.15) is 0 Å². The molecule has 2 atom stereocenters. The molecule has 7 heteroatoms. The van der Waals surface area contributed by atoms with Crippen molar-refractivity contribution in [1.82, 2.24) is 4.98 Å². The standard InChI is InChI=1S/C11H16F2N4O/c1-6(9-3-2-4-18-9)15-10-7(12)5-8(13)11(16-10)17-14/h5-6,9H,2-4,14H2,1H3,(H2,15,16,17). The van der Waals surface area contributed by atoms with Gasteiger partial charge in [0.15, 0.2) is 23.3 Å². The molecule has 2 rings (SSSR count). The lowest BCUT2D eigenvalue weighted by Gasteiger charge is -2.21. The van der Waals surface area contributed by atoms with Crippen molar-refractivity contribution in [2.45, 2.75) is 31.9 Å². The molecule has 0 amide bonds. The molecule has 1 aromatic heterocycles. The first kappa shape index (κ1) is 13.0. The maximum absolute atomic E-state index is 13.5. The van der Waals surface area contributed by atoms with E-state index in [4.69, 9.17) is 10.6 Å². The van der Waals surface area contributed by atoms with Crippen LogP contribution in [0.3, 0.4) is 0 Å². The molecular formula is C11H16F2N4O. The first-order valence-electron chi connectivity index (χ1n) is 5.82. The van der Waals surface area contributed by atoms with Gasteiger partial charge in [-0.05, 0) is 19.8 Å². The number of rotatable bonds is 4. The Kier molecular flexibility index (Phi) is 3.93. The fraction of sp³-hybridized carbons (Fsp3) is 0.545. The van der Waals surface area contributed by atoms with E-state index >= 15 is 0 Å². The molecular weight excluding hydrogens is 242 g/mol. The van der Waals surface area contributed by atoms with Crippen molar-refractivity contribution in [1.29, 1.82) is 0 Å². The minimum absolute atomic E-state index is 0.0190. The molecule has 2 unspecified atom stereocenters. The van der Waals surface area contributed by atoms with Gasteiger partial charge in [-0.25, -0.2) is 19.6 Å². The van der Waals surface area contributed by atoms with E-state index in [2.05, 4.69) is 15.7 Å². The van der Waals surface area contributed by atoms with Crippen molar-refractivity contribution in [2.24, 2.45) is 5.84 Å². The van der Waals surface area contributed by atoms with E-state index in [0.29, 0.717) is 6.61 Å². The molecule has 1 aliphatic heterocycles. The molecule has 4 N–H and O–H groups in total. The fourth-order valence-electron chi connectivity index (χ4n) is 1.97. The number of nitrogen functional groups attached to an aromatic ring is 1. The van der Waals surface area contributed by atoms with E-state index in [1.807, 2.05) is 6.92 Å². The number of halogens is 2. The van der Waals surface area contributed by atoms with Gasteiger partial charge in [0.25, 0.3) is 0 Å². The third kappa shape index (κ3) is 2.68. The molecule has 0 spiro atoms. The molecule has 18 heavy (non-hydrogen) atoms. The van der Waals surface area contributed by atoms with Crippen molar-refractivity contribution >= 4 is 11.6 Å². The van der Waals surface area contributed by atoms with Gasteiger partial charge in [0.05, 0.1) is 12.1 Å². The molecule has 0 saturated carbocycles. The summed E-state index contributed by atoms with van der Waals surface area (Å²) < 4.78 is 32.2. The lowest BCUT2D eigenvalue weighted by Crippen LogP contribution is -2.31. The summed E-state index contributed by atoms with van der Waals surface area (Å²) in [5, 5.41) is 2.88. The number of anilines is 2. The Bertz CT molecular complexity index is 424. The highest BCUT2D eigenvalue weighted by Crippen LogP contribution is 2.22. The summed E-state index contributed by atoms with van der Waals surface area (Å²) in [6.45, 7) is 2.58. The van der Waals surface area contributed by atoms with Crippen LogP contribution in [-0.2, 0) is 4.74 Å². The van der Waals surface area contributed by atoms with Crippen LogP contribution in [0.1, 0.15) is 19.8 Å². The fourth-order valence-corrected chi connectivity index (χ4v) is 1.97. The molecule has 0 bridgehead atoms. The molecule has 1 aromatic rings. The first-order valence-corrected chi connectivity index (χ1v) is 5.82. The molecule has 2 heterocycles. The number of hydrogen-bond donors (Lipinski definition) is 3.